The van der Waals surface area contributed by atoms with Crippen molar-refractivity contribution in [2.24, 2.45) is 0 Å². The number of pyridine rings is 1. The molecule has 2 N–H and O–H groups in total. The van der Waals surface area contributed by atoms with Gasteiger partial charge >= 0.3 is 0 Å². The molecule has 0 aliphatic carbocycles. The Morgan fingerprint density at radius 2 is 1.62 bits per heavy atom. The molecule has 0 unspecified atom stereocenters. The zero-order chi connectivity index (χ0) is 20.4. The van der Waals surface area contributed by atoms with E-state index >= 15 is 0 Å². The van der Waals surface area contributed by atoms with Crippen LogP contribution >= 0.6 is 11.3 Å². The van der Waals surface area contributed by atoms with E-state index in [1.807, 2.05) is 56.3 Å². The van der Waals surface area contributed by atoms with Crippen molar-refractivity contribution in [3.63, 3.8) is 0 Å². The number of fused-ring (bicyclic) bond motifs is 1. The molecular formula is C22H18N4O2S. The molecule has 0 aliphatic rings. The Balaban J connectivity index is 1.44. The normalized spacial score (nSPS) is 10.7. The van der Waals surface area contributed by atoms with Crippen molar-refractivity contribution in [3.05, 3.63) is 82.5 Å². The third-order valence-corrected chi connectivity index (χ3v) is 5.35. The minimum Gasteiger partial charge on any atom is -0.266 e. The lowest BCUT2D eigenvalue weighted by atomic mass is 10.1. The zero-order valence-corrected chi connectivity index (χ0v) is 16.7. The molecule has 4 rings (SSSR count). The Hall–Kier alpha value is -3.58. The zero-order valence-electron chi connectivity index (χ0n) is 15.9. The second kappa shape index (κ2) is 7.81. The first-order chi connectivity index (χ1) is 14.0. The van der Waals surface area contributed by atoms with Gasteiger partial charge in [-0.25, -0.2) is 9.97 Å². The third kappa shape index (κ3) is 4.00. The molecular weight excluding hydrogens is 384 g/mol. The molecule has 6 nitrogen and oxygen atoms in total. The molecule has 0 radical (unpaired) electrons. The smallest absolute Gasteiger partial charge is 0.266 e. The first kappa shape index (κ1) is 18.8. The van der Waals surface area contributed by atoms with Crippen LogP contribution in [0, 0.1) is 13.8 Å². The van der Waals surface area contributed by atoms with E-state index < -0.39 is 11.8 Å². The molecule has 0 saturated heterocycles. The quantitative estimate of drug-likeness (QED) is 0.507. The summed E-state index contributed by atoms with van der Waals surface area (Å²) in [7, 11) is 0. The predicted octanol–water partition coefficient (Wildman–Crippen LogP) is 4.05. The van der Waals surface area contributed by atoms with Crippen LogP contribution in [0.3, 0.4) is 0 Å². The van der Waals surface area contributed by atoms with Crippen LogP contribution in [-0.2, 0) is 0 Å². The van der Waals surface area contributed by atoms with E-state index in [-0.39, 0.29) is 11.4 Å². The van der Waals surface area contributed by atoms with E-state index in [1.165, 1.54) is 16.9 Å². The SMILES string of the molecule is Cc1ccc(-c2nc(C(=O)NNC(=O)c3ccc4ccccc4n3)cs2)c(C)c1. The van der Waals surface area contributed by atoms with Crippen LogP contribution in [-0.4, -0.2) is 21.8 Å². The monoisotopic (exact) mass is 402 g/mol. The Bertz CT molecular complexity index is 1230. The molecule has 0 bridgehead atoms. The fourth-order valence-corrected chi connectivity index (χ4v) is 3.88. The Labute approximate surface area is 171 Å². The second-order valence-corrected chi connectivity index (χ2v) is 7.51. The largest absolute Gasteiger partial charge is 0.289 e. The lowest BCUT2D eigenvalue weighted by Gasteiger charge is -2.06. The standard InChI is InChI=1S/C22H18N4O2S/c1-13-7-9-16(14(2)11-13)22-24-19(12-29-22)21(28)26-25-20(27)18-10-8-15-5-3-4-6-17(15)23-18/h3-12H,1-2H3,(H,25,27)(H,26,28). The van der Waals surface area contributed by atoms with Crippen molar-refractivity contribution >= 4 is 34.1 Å². The van der Waals surface area contributed by atoms with Crippen LogP contribution < -0.4 is 10.9 Å². The van der Waals surface area contributed by atoms with Crippen molar-refractivity contribution in [1.82, 2.24) is 20.8 Å². The highest BCUT2D eigenvalue weighted by Crippen LogP contribution is 2.27. The van der Waals surface area contributed by atoms with Gasteiger partial charge in [0.25, 0.3) is 11.8 Å². The Morgan fingerprint density at radius 3 is 2.41 bits per heavy atom. The number of carbonyl (C=O) groups excluding carboxylic acids is 2. The Morgan fingerprint density at radius 1 is 0.862 bits per heavy atom. The highest BCUT2D eigenvalue weighted by atomic mass is 32.1. The fourth-order valence-electron chi connectivity index (χ4n) is 2.99. The number of nitrogens with zero attached hydrogens (tertiary/aromatic N) is 2. The number of hydrogen-bond donors (Lipinski definition) is 2. The first-order valence-electron chi connectivity index (χ1n) is 9.01. The van der Waals surface area contributed by atoms with Gasteiger partial charge in [0, 0.05) is 16.3 Å². The number of aromatic nitrogens is 2. The average molecular weight is 402 g/mol. The van der Waals surface area contributed by atoms with Crippen LogP contribution in [0.25, 0.3) is 21.5 Å². The Kier molecular flexibility index (Phi) is 5.05. The second-order valence-electron chi connectivity index (χ2n) is 6.65. The minimum atomic E-state index is -0.492. The summed E-state index contributed by atoms with van der Waals surface area (Å²) < 4.78 is 0. The summed E-state index contributed by atoms with van der Waals surface area (Å²) in [6.07, 6.45) is 0. The molecule has 0 aliphatic heterocycles. The molecule has 2 heterocycles. The van der Waals surface area contributed by atoms with E-state index in [2.05, 4.69) is 26.9 Å². The summed E-state index contributed by atoms with van der Waals surface area (Å²) in [5, 5.41) is 3.37. The number of aryl methyl sites for hydroxylation is 2. The summed E-state index contributed by atoms with van der Waals surface area (Å²) in [4.78, 5) is 33.4. The van der Waals surface area contributed by atoms with Crippen LogP contribution in [0.4, 0.5) is 0 Å². The minimum absolute atomic E-state index is 0.221. The molecule has 2 aromatic carbocycles. The molecule has 0 spiro atoms. The van der Waals surface area contributed by atoms with Crippen molar-refractivity contribution in [2.75, 3.05) is 0 Å². The van der Waals surface area contributed by atoms with Gasteiger partial charge in [0.2, 0.25) is 0 Å². The van der Waals surface area contributed by atoms with Gasteiger partial charge in [-0.15, -0.1) is 11.3 Å². The number of hydrogen-bond acceptors (Lipinski definition) is 5. The maximum Gasteiger partial charge on any atom is 0.289 e. The molecule has 0 saturated carbocycles. The van der Waals surface area contributed by atoms with Crippen molar-refractivity contribution in [1.29, 1.82) is 0 Å². The van der Waals surface area contributed by atoms with Gasteiger partial charge in [-0.2, -0.15) is 0 Å². The van der Waals surface area contributed by atoms with Gasteiger partial charge < -0.3 is 0 Å². The van der Waals surface area contributed by atoms with E-state index in [1.54, 1.807) is 11.4 Å². The maximum atomic E-state index is 12.4. The van der Waals surface area contributed by atoms with Crippen LogP contribution in [0.2, 0.25) is 0 Å². The topological polar surface area (TPSA) is 84.0 Å². The van der Waals surface area contributed by atoms with E-state index in [9.17, 15) is 9.59 Å². The fraction of sp³-hybridized carbons (Fsp3) is 0.0909. The third-order valence-electron chi connectivity index (χ3n) is 4.47. The van der Waals surface area contributed by atoms with Crippen LogP contribution in [0.1, 0.15) is 32.1 Å². The lowest BCUT2D eigenvalue weighted by Crippen LogP contribution is -2.42. The van der Waals surface area contributed by atoms with E-state index in [4.69, 9.17) is 0 Å². The van der Waals surface area contributed by atoms with Gasteiger partial charge in [-0.1, -0.05) is 48.0 Å². The van der Waals surface area contributed by atoms with Gasteiger partial charge in [0.15, 0.2) is 0 Å². The van der Waals surface area contributed by atoms with Gasteiger partial charge in [0.1, 0.15) is 16.4 Å². The summed E-state index contributed by atoms with van der Waals surface area (Å²) >= 11 is 1.39. The van der Waals surface area contributed by atoms with Gasteiger partial charge in [0.05, 0.1) is 5.52 Å². The summed E-state index contributed by atoms with van der Waals surface area (Å²) in [5.41, 5.74) is 9.23. The number of amides is 2. The number of benzene rings is 2. The number of para-hydroxylation sites is 1. The van der Waals surface area contributed by atoms with E-state index in [0.717, 1.165) is 21.5 Å². The highest BCUT2D eigenvalue weighted by molar-refractivity contribution is 7.13. The number of rotatable bonds is 3. The van der Waals surface area contributed by atoms with Crippen molar-refractivity contribution < 1.29 is 9.59 Å². The molecule has 29 heavy (non-hydrogen) atoms. The molecule has 2 amide bonds. The van der Waals surface area contributed by atoms with Crippen molar-refractivity contribution in [2.45, 2.75) is 13.8 Å². The van der Waals surface area contributed by atoms with E-state index in [0.29, 0.717) is 5.52 Å². The van der Waals surface area contributed by atoms with Crippen molar-refractivity contribution in [3.8, 4) is 10.6 Å². The maximum absolute atomic E-state index is 12.4. The number of thiazole rings is 1. The summed E-state index contributed by atoms with van der Waals surface area (Å²) in [5.74, 6) is -0.972. The highest BCUT2D eigenvalue weighted by Gasteiger charge is 2.15. The average Bonchev–Trinajstić information content (AvgIpc) is 3.21. The van der Waals surface area contributed by atoms with Crippen LogP contribution in [0.5, 0.6) is 0 Å². The molecule has 4 aromatic rings. The number of carbonyl (C=O) groups is 2. The van der Waals surface area contributed by atoms with Gasteiger partial charge in [-0.05, 0) is 31.5 Å². The molecule has 144 valence electrons. The molecule has 7 heteroatoms. The predicted molar refractivity (Wildman–Crippen MR) is 114 cm³/mol. The summed E-state index contributed by atoms with van der Waals surface area (Å²) in [6, 6.07) is 17.0. The number of nitrogens with one attached hydrogen (secondary N) is 2. The molecule has 0 atom stereocenters. The van der Waals surface area contributed by atoms with Gasteiger partial charge in [-0.3, -0.25) is 20.4 Å². The van der Waals surface area contributed by atoms with Crippen LogP contribution in [0.15, 0.2) is 60.0 Å². The number of hydrazine groups is 1. The first-order valence-corrected chi connectivity index (χ1v) is 9.89. The summed E-state index contributed by atoms with van der Waals surface area (Å²) in [6.45, 7) is 4.05. The molecule has 2 aromatic heterocycles. The lowest BCUT2D eigenvalue weighted by molar-refractivity contribution is 0.0842. The molecule has 0 fully saturated rings.